The van der Waals surface area contributed by atoms with Crippen LogP contribution in [0.1, 0.15) is 0 Å². The number of halogens is 1. The number of benzene rings is 2. The Morgan fingerprint density at radius 3 is 2.10 bits per heavy atom. The first-order valence-corrected chi connectivity index (χ1v) is 6.25. The molecule has 21 heavy (non-hydrogen) atoms. The van der Waals surface area contributed by atoms with E-state index < -0.39 is 0 Å². The van der Waals surface area contributed by atoms with Crippen molar-refractivity contribution in [1.29, 1.82) is 0 Å². The number of anilines is 1. The van der Waals surface area contributed by atoms with Crippen molar-refractivity contribution in [2.45, 2.75) is 0 Å². The molecule has 0 amide bonds. The lowest BCUT2D eigenvalue weighted by atomic mass is 9.83. The molecule has 4 nitrogen and oxygen atoms in total. The maximum atomic E-state index is 12.6. The molecule has 4 rings (SSSR count). The molecule has 1 heterocycles. The number of nitrogens with two attached hydrogens (primary N) is 1. The fourth-order valence-electron chi connectivity index (χ4n) is 1.99. The first-order valence-electron chi connectivity index (χ1n) is 6.25. The Balaban J connectivity index is 0.000000143. The first-order chi connectivity index (χ1) is 10.1. The van der Waals surface area contributed by atoms with Crippen LogP contribution in [-0.4, -0.2) is 4.98 Å². The second-order valence-electron chi connectivity index (χ2n) is 4.48. The van der Waals surface area contributed by atoms with E-state index in [1.54, 1.807) is 0 Å². The Kier molecular flexibility index (Phi) is 3.23. The summed E-state index contributed by atoms with van der Waals surface area (Å²) in [5.41, 5.74) is 9.57. The molecule has 0 unspecified atom stereocenters. The lowest BCUT2D eigenvalue weighted by Gasteiger charge is -2.21. The van der Waals surface area contributed by atoms with Gasteiger partial charge in [0.25, 0.3) is 11.6 Å². The lowest BCUT2D eigenvalue weighted by Crippen LogP contribution is -2.04. The molecule has 104 valence electrons. The zero-order valence-corrected chi connectivity index (χ0v) is 10.9. The number of rotatable bonds is 1. The number of hydrogen-bond donors (Lipinski definition) is 1. The topological polar surface area (TPSA) is 69.1 Å². The maximum Gasteiger partial charge on any atom is 0.295 e. The highest BCUT2D eigenvalue weighted by Crippen LogP contribution is 2.43. The minimum absolute atomic E-state index is 0.0995. The van der Waals surface area contributed by atoms with Crippen molar-refractivity contribution in [3.63, 3.8) is 0 Å². The minimum atomic E-state index is -0.381. The standard InChI is InChI=1S/C12H7F.C4H4N2O2/c13-10-4-1-8(2-5-10)12-7-9-3-6-11(9)12;5-4-6-3(7)1-2-8-4/h1-7H;1-2H,(H2,5,6,7). The Hall–Kier alpha value is -2.95. The molecule has 2 N–H and O–H groups in total. The Bertz CT molecular complexity index is 841. The molecule has 1 aromatic heterocycles. The molecule has 0 radical (unpaired) electrons. The highest BCUT2D eigenvalue weighted by atomic mass is 19.1. The van der Waals surface area contributed by atoms with Crippen molar-refractivity contribution >= 4 is 6.01 Å². The number of hydrogen-bond acceptors (Lipinski definition) is 4. The van der Waals surface area contributed by atoms with E-state index in [0.29, 0.717) is 0 Å². The van der Waals surface area contributed by atoms with Crippen molar-refractivity contribution < 1.29 is 8.81 Å². The van der Waals surface area contributed by atoms with Gasteiger partial charge in [0.05, 0.1) is 0 Å². The molecular weight excluding hydrogens is 271 g/mol. The normalized spacial score (nSPS) is 10.5. The van der Waals surface area contributed by atoms with Crippen LogP contribution in [0.2, 0.25) is 0 Å². The van der Waals surface area contributed by atoms with Crippen LogP contribution in [-0.2, 0) is 0 Å². The molecule has 0 saturated carbocycles. The van der Waals surface area contributed by atoms with Crippen LogP contribution in [0, 0.1) is 5.82 Å². The van der Waals surface area contributed by atoms with Crippen LogP contribution >= 0.6 is 0 Å². The summed E-state index contributed by atoms with van der Waals surface area (Å²) < 4.78 is 17.1. The van der Waals surface area contributed by atoms with E-state index in [1.807, 2.05) is 12.1 Å². The van der Waals surface area contributed by atoms with Gasteiger partial charge in [0.15, 0.2) is 0 Å². The summed E-state index contributed by atoms with van der Waals surface area (Å²) in [6.45, 7) is 0. The molecule has 2 aromatic rings. The van der Waals surface area contributed by atoms with Crippen LogP contribution in [0.5, 0.6) is 0 Å². The predicted molar refractivity (Wildman–Crippen MR) is 78.0 cm³/mol. The summed E-state index contributed by atoms with van der Waals surface area (Å²) in [7, 11) is 0. The Labute approximate surface area is 119 Å². The van der Waals surface area contributed by atoms with E-state index in [2.05, 4.69) is 27.6 Å². The van der Waals surface area contributed by atoms with Gasteiger partial charge in [-0.2, -0.15) is 4.98 Å². The third-order valence-corrected chi connectivity index (χ3v) is 3.11. The molecular formula is C16H11FN2O2. The summed E-state index contributed by atoms with van der Waals surface area (Å²) in [4.78, 5) is 13.5. The largest absolute Gasteiger partial charge is 0.434 e. The van der Waals surface area contributed by atoms with Gasteiger partial charge in [0, 0.05) is 6.07 Å². The van der Waals surface area contributed by atoms with E-state index in [1.165, 1.54) is 41.2 Å². The molecule has 0 saturated heterocycles. The summed E-state index contributed by atoms with van der Waals surface area (Å²) in [6.07, 6.45) is 1.20. The predicted octanol–water partition coefficient (Wildman–Crippen LogP) is 3.09. The fourth-order valence-corrected chi connectivity index (χ4v) is 1.99. The second-order valence-corrected chi connectivity index (χ2v) is 4.48. The Morgan fingerprint density at radius 2 is 1.67 bits per heavy atom. The van der Waals surface area contributed by atoms with Crippen LogP contribution < -0.4 is 11.3 Å². The van der Waals surface area contributed by atoms with Gasteiger partial charge in [-0.3, -0.25) is 4.79 Å². The monoisotopic (exact) mass is 282 g/mol. The van der Waals surface area contributed by atoms with Crippen molar-refractivity contribution in [2.24, 2.45) is 0 Å². The summed E-state index contributed by atoms with van der Waals surface area (Å²) >= 11 is 0. The highest BCUT2D eigenvalue weighted by Gasteiger charge is 2.17. The van der Waals surface area contributed by atoms with Gasteiger partial charge < -0.3 is 10.2 Å². The average Bonchev–Trinajstić information content (AvgIpc) is 2.43. The van der Waals surface area contributed by atoms with Crippen LogP contribution in [0.15, 0.2) is 64.0 Å². The molecule has 0 spiro atoms. The third-order valence-electron chi connectivity index (χ3n) is 3.11. The van der Waals surface area contributed by atoms with Crippen LogP contribution in [0.4, 0.5) is 10.4 Å². The number of nitrogens with zero attached hydrogens (tertiary/aromatic N) is 1. The van der Waals surface area contributed by atoms with Gasteiger partial charge in [0.2, 0.25) is 0 Å². The maximum absolute atomic E-state index is 12.6. The lowest BCUT2D eigenvalue weighted by molar-refractivity contribution is 0.548. The van der Waals surface area contributed by atoms with Crippen molar-refractivity contribution in [3.05, 3.63) is 71.0 Å². The zero-order chi connectivity index (χ0) is 14.8. The van der Waals surface area contributed by atoms with Gasteiger partial charge in [-0.1, -0.05) is 24.3 Å². The molecule has 2 aliphatic rings. The fraction of sp³-hybridized carbons (Fsp3) is 0. The first kappa shape index (κ1) is 13.1. The van der Waals surface area contributed by atoms with Crippen LogP contribution in [0.3, 0.4) is 0 Å². The molecule has 0 atom stereocenters. The van der Waals surface area contributed by atoms with Gasteiger partial charge in [0.1, 0.15) is 12.1 Å². The van der Waals surface area contributed by atoms with E-state index in [4.69, 9.17) is 5.73 Å². The van der Waals surface area contributed by atoms with Crippen molar-refractivity contribution in [3.8, 4) is 22.3 Å². The quantitative estimate of drug-likeness (QED) is 0.582. The third kappa shape index (κ3) is 2.67. The minimum Gasteiger partial charge on any atom is -0.434 e. The number of fused-ring (bicyclic) bond motifs is 1. The van der Waals surface area contributed by atoms with Crippen molar-refractivity contribution in [1.82, 2.24) is 4.98 Å². The van der Waals surface area contributed by atoms with Crippen LogP contribution in [0.25, 0.3) is 22.3 Å². The molecule has 2 aliphatic carbocycles. The highest BCUT2D eigenvalue weighted by molar-refractivity contribution is 5.95. The molecule has 0 fully saturated rings. The van der Waals surface area contributed by atoms with E-state index in [-0.39, 0.29) is 17.4 Å². The summed E-state index contributed by atoms with van der Waals surface area (Å²) in [5, 5.41) is 0. The van der Waals surface area contributed by atoms with Gasteiger partial charge in [-0.05, 0) is 40.5 Å². The van der Waals surface area contributed by atoms with Crippen molar-refractivity contribution in [2.75, 3.05) is 5.73 Å². The Morgan fingerprint density at radius 1 is 0.952 bits per heavy atom. The van der Waals surface area contributed by atoms with Gasteiger partial charge in [-0.15, -0.1) is 0 Å². The molecule has 5 heteroatoms. The smallest absolute Gasteiger partial charge is 0.295 e. The van der Waals surface area contributed by atoms with E-state index >= 15 is 0 Å². The molecule has 1 aromatic carbocycles. The summed E-state index contributed by atoms with van der Waals surface area (Å²) in [6, 6.07) is 14.0. The van der Waals surface area contributed by atoms with Gasteiger partial charge >= 0.3 is 0 Å². The second kappa shape index (κ2) is 5.20. The SMILES string of the molecule is Fc1ccc(-c2cc3ccc2-3)cc1.Nc1nc(=O)cco1. The van der Waals surface area contributed by atoms with Gasteiger partial charge in [-0.25, -0.2) is 4.39 Å². The number of aromatic nitrogens is 1. The molecule has 0 bridgehead atoms. The van der Waals surface area contributed by atoms with E-state index in [9.17, 15) is 9.18 Å². The number of nitrogen functional groups attached to an aromatic ring is 1. The molecule has 0 aliphatic heterocycles. The van der Waals surface area contributed by atoms with E-state index in [0.717, 1.165) is 5.56 Å². The summed E-state index contributed by atoms with van der Waals surface area (Å²) in [5.74, 6) is -0.179. The zero-order valence-electron chi connectivity index (χ0n) is 10.9. The average molecular weight is 282 g/mol.